The molecule has 0 N–H and O–H groups in total. The van der Waals surface area contributed by atoms with Crippen molar-refractivity contribution in [3.8, 4) is 0 Å². The van der Waals surface area contributed by atoms with Crippen LogP contribution >= 0.6 is 0 Å². The summed E-state index contributed by atoms with van der Waals surface area (Å²) in [6.45, 7) is 7.00. The van der Waals surface area contributed by atoms with E-state index in [0.717, 1.165) is 5.92 Å². The molecule has 1 atom stereocenters. The topological polar surface area (TPSA) is 6.48 Å². The first-order chi connectivity index (χ1) is 15.0. The molecule has 1 fully saturated rings. The Kier molecular flexibility index (Phi) is 6.21. The van der Waals surface area contributed by atoms with Crippen molar-refractivity contribution in [2.75, 3.05) is 40.3 Å². The molecule has 1 aliphatic carbocycles. The van der Waals surface area contributed by atoms with E-state index in [2.05, 4.69) is 61.2 Å². The molecule has 0 aromatic heterocycles. The zero-order valence-corrected chi connectivity index (χ0v) is 19.9. The van der Waals surface area contributed by atoms with Gasteiger partial charge in [0.15, 0.2) is 0 Å². The summed E-state index contributed by atoms with van der Waals surface area (Å²) in [6, 6.07) is 12.5. The number of likely N-dealkylation sites (N-methyl/N-ethyl adjacent to an activating group) is 2. The van der Waals surface area contributed by atoms with Crippen LogP contribution in [0, 0.1) is 12.8 Å². The predicted molar refractivity (Wildman–Crippen MR) is 131 cm³/mol. The number of aryl methyl sites for hydroxylation is 2. The maximum atomic E-state index is 2.63. The zero-order valence-electron chi connectivity index (χ0n) is 19.9. The van der Waals surface area contributed by atoms with Gasteiger partial charge in [0.05, 0.1) is 0 Å². The van der Waals surface area contributed by atoms with E-state index in [0.29, 0.717) is 5.92 Å². The average molecular weight is 417 g/mol. The smallest absolute Gasteiger partial charge is 0.00507 e. The van der Waals surface area contributed by atoms with Crippen molar-refractivity contribution >= 4 is 0 Å². The van der Waals surface area contributed by atoms with Gasteiger partial charge >= 0.3 is 0 Å². The van der Waals surface area contributed by atoms with Crippen LogP contribution < -0.4 is 0 Å². The van der Waals surface area contributed by atoms with Crippen molar-refractivity contribution in [2.45, 2.75) is 64.2 Å². The van der Waals surface area contributed by atoms with Crippen molar-refractivity contribution in [2.24, 2.45) is 5.92 Å². The molecule has 2 nitrogen and oxygen atoms in total. The molecule has 3 aliphatic rings. The second kappa shape index (κ2) is 9.08. The van der Waals surface area contributed by atoms with Gasteiger partial charge < -0.3 is 9.80 Å². The summed E-state index contributed by atoms with van der Waals surface area (Å²) in [5.41, 5.74) is 11.2. The van der Waals surface area contributed by atoms with Gasteiger partial charge in [0, 0.05) is 32.1 Å². The molecule has 2 heteroatoms. The lowest BCUT2D eigenvalue weighted by atomic mass is 9.84. The third kappa shape index (κ3) is 5.07. The molecule has 5 rings (SSSR count). The van der Waals surface area contributed by atoms with E-state index in [9.17, 15) is 0 Å². The van der Waals surface area contributed by atoms with Crippen molar-refractivity contribution in [3.63, 3.8) is 0 Å². The molecule has 2 aromatic carbocycles. The third-order valence-corrected chi connectivity index (χ3v) is 8.07. The fraction of sp³-hybridized carbons (Fsp3) is 0.586. The first kappa shape index (κ1) is 21.2. The summed E-state index contributed by atoms with van der Waals surface area (Å²) >= 11 is 0. The minimum atomic E-state index is 0.606. The zero-order chi connectivity index (χ0) is 21.4. The van der Waals surface area contributed by atoms with Gasteiger partial charge in [0.2, 0.25) is 0 Å². The Bertz CT molecular complexity index is 927. The molecule has 2 aromatic rings. The van der Waals surface area contributed by atoms with Crippen LogP contribution in [0.4, 0.5) is 0 Å². The number of benzene rings is 2. The maximum Gasteiger partial charge on any atom is 0.00507 e. The molecule has 2 heterocycles. The highest BCUT2D eigenvalue weighted by molar-refractivity contribution is 5.43. The summed E-state index contributed by atoms with van der Waals surface area (Å²) in [5.74, 6) is 1.61. The first-order valence-corrected chi connectivity index (χ1v) is 12.6. The molecule has 166 valence electrons. The van der Waals surface area contributed by atoms with Crippen LogP contribution in [-0.2, 0) is 32.1 Å². The SMILES string of the molecule is Cc1ccc2c(c1)CCN(C)CC2Cc1cc2c(cc1CCC1CC1)CCN(C)CC2. The summed E-state index contributed by atoms with van der Waals surface area (Å²) in [6.07, 6.45) is 10.4. The Hall–Kier alpha value is -1.64. The Labute approximate surface area is 189 Å². The molecule has 1 saturated carbocycles. The highest BCUT2D eigenvalue weighted by Gasteiger charge is 2.25. The molecule has 0 bridgehead atoms. The molecule has 31 heavy (non-hydrogen) atoms. The standard InChI is InChI=1S/C29H40N2/c1-21-4-9-29-26(16-21)12-15-31(3)20-28(29)19-27-18-25-11-14-30(2)13-10-24(25)17-23(27)8-7-22-5-6-22/h4,9,16-18,22,28H,5-8,10-15,19-20H2,1-3H3. The monoisotopic (exact) mass is 416 g/mol. The Morgan fingerprint density at radius 2 is 1.48 bits per heavy atom. The van der Waals surface area contributed by atoms with E-state index in [4.69, 9.17) is 0 Å². The molecular weight excluding hydrogens is 376 g/mol. The van der Waals surface area contributed by atoms with Crippen molar-refractivity contribution in [1.29, 1.82) is 0 Å². The van der Waals surface area contributed by atoms with Gasteiger partial charge in [0.25, 0.3) is 0 Å². The molecule has 0 amide bonds. The van der Waals surface area contributed by atoms with E-state index in [1.165, 1.54) is 83.1 Å². The number of fused-ring (bicyclic) bond motifs is 2. The van der Waals surface area contributed by atoms with Crippen LogP contribution in [0.1, 0.15) is 64.1 Å². The maximum absolute atomic E-state index is 2.63. The van der Waals surface area contributed by atoms with Crippen LogP contribution in [0.2, 0.25) is 0 Å². The van der Waals surface area contributed by atoms with E-state index < -0.39 is 0 Å². The minimum Gasteiger partial charge on any atom is -0.306 e. The molecule has 0 spiro atoms. The fourth-order valence-corrected chi connectivity index (χ4v) is 5.85. The van der Waals surface area contributed by atoms with E-state index in [1.807, 2.05) is 0 Å². The number of nitrogens with zero attached hydrogens (tertiary/aromatic N) is 2. The summed E-state index contributed by atoms with van der Waals surface area (Å²) in [7, 11) is 4.59. The predicted octanol–water partition coefficient (Wildman–Crippen LogP) is 5.18. The second-order valence-electron chi connectivity index (χ2n) is 10.8. The minimum absolute atomic E-state index is 0.606. The van der Waals surface area contributed by atoms with Gasteiger partial charge in [-0.05, 0) is 98.8 Å². The summed E-state index contributed by atoms with van der Waals surface area (Å²) in [4.78, 5) is 5.06. The van der Waals surface area contributed by atoms with Crippen molar-refractivity contribution < 1.29 is 0 Å². The van der Waals surface area contributed by atoms with Gasteiger partial charge in [0.1, 0.15) is 0 Å². The Morgan fingerprint density at radius 3 is 2.23 bits per heavy atom. The van der Waals surface area contributed by atoms with Crippen molar-refractivity contribution in [1.82, 2.24) is 9.80 Å². The number of hydrogen-bond donors (Lipinski definition) is 0. The lowest BCUT2D eigenvalue weighted by Crippen LogP contribution is -2.25. The highest BCUT2D eigenvalue weighted by atomic mass is 15.1. The molecule has 2 aliphatic heterocycles. The summed E-state index contributed by atoms with van der Waals surface area (Å²) in [5, 5.41) is 0. The van der Waals surface area contributed by atoms with Gasteiger partial charge in [-0.1, -0.05) is 48.7 Å². The molecule has 1 unspecified atom stereocenters. The third-order valence-electron chi connectivity index (χ3n) is 8.07. The van der Waals surface area contributed by atoms with Crippen LogP contribution in [0.5, 0.6) is 0 Å². The second-order valence-corrected chi connectivity index (χ2v) is 10.8. The lowest BCUT2D eigenvalue weighted by molar-refractivity contribution is 0.324. The van der Waals surface area contributed by atoms with Gasteiger partial charge in [-0.3, -0.25) is 0 Å². The molecule has 0 saturated heterocycles. The van der Waals surface area contributed by atoms with E-state index in [-0.39, 0.29) is 0 Å². The Balaban J connectivity index is 1.48. The average Bonchev–Trinajstić information content (AvgIpc) is 3.59. The highest BCUT2D eigenvalue weighted by Crippen LogP contribution is 2.36. The van der Waals surface area contributed by atoms with Gasteiger partial charge in [-0.25, -0.2) is 0 Å². The van der Waals surface area contributed by atoms with Crippen LogP contribution in [-0.4, -0.2) is 50.1 Å². The van der Waals surface area contributed by atoms with Crippen molar-refractivity contribution in [3.05, 3.63) is 69.3 Å². The lowest BCUT2D eigenvalue weighted by Gasteiger charge is -2.24. The van der Waals surface area contributed by atoms with Crippen LogP contribution in [0.15, 0.2) is 30.3 Å². The van der Waals surface area contributed by atoms with Crippen LogP contribution in [0.3, 0.4) is 0 Å². The van der Waals surface area contributed by atoms with Gasteiger partial charge in [-0.2, -0.15) is 0 Å². The Morgan fingerprint density at radius 1 is 0.806 bits per heavy atom. The summed E-state index contributed by atoms with van der Waals surface area (Å²) < 4.78 is 0. The van der Waals surface area contributed by atoms with Gasteiger partial charge in [-0.15, -0.1) is 0 Å². The van der Waals surface area contributed by atoms with Crippen LogP contribution in [0.25, 0.3) is 0 Å². The normalized spacial score (nSPS) is 22.5. The van der Waals surface area contributed by atoms with E-state index in [1.54, 1.807) is 33.4 Å². The number of hydrogen-bond acceptors (Lipinski definition) is 2. The molecule has 0 radical (unpaired) electrons. The molecular formula is C29H40N2. The fourth-order valence-electron chi connectivity index (χ4n) is 5.85. The quantitative estimate of drug-likeness (QED) is 0.662. The first-order valence-electron chi connectivity index (χ1n) is 12.6. The largest absolute Gasteiger partial charge is 0.306 e. The number of rotatable bonds is 5. The van der Waals surface area contributed by atoms with E-state index >= 15 is 0 Å².